The van der Waals surface area contributed by atoms with Crippen LogP contribution in [0.2, 0.25) is 0 Å². The Morgan fingerprint density at radius 3 is 2.29 bits per heavy atom. The molecule has 0 aliphatic rings. The summed E-state index contributed by atoms with van der Waals surface area (Å²) in [6, 6.07) is 1.73. The van der Waals surface area contributed by atoms with Gasteiger partial charge in [0.2, 0.25) is 0 Å². The number of halogens is 1. The van der Waals surface area contributed by atoms with Crippen molar-refractivity contribution in [2.75, 3.05) is 19.7 Å². The Balaban J connectivity index is 0.000000922. The van der Waals surface area contributed by atoms with Gasteiger partial charge in [-0.1, -0.05) is 5.16 Å². The molecule has 0 atom stereocenters. The molecular formula is C13H22ClN3O7. The van der Waals surface area contributed by atoms with Gasteiger partial charge in [0.1, 0.15) is 18.0 Å². The third-order valence-corrected chi connectivity index (χ3v) is 2.60. The molecule has 0 unspecified atom stereocenters. The lowest BCUT2D eigenvalue weighted by Crippen LogP contribution is -2.58. The van der Waals surface area contributed by atoms with E-state index in [-0.39, 0.29) is 12.4 Å². The number of nitrogens with zero attached hydrogens (tertiary/aromatic N) is 3. The first-order valence-corrected chi connectivity index (χ1v) is 8.41. The monoisotopic (exact) mass is 367 g/mol. The van der Waals surface area contributed by atoms with Gasteiger partial charge in [-0.15, -0.1) is 0 Å². The van der Waals surface area contributed by atoms with Crippen LogP contribution in [-0.2, 0) is 9.53 Å². The summed E-state index contributed by atoms with van der Waals surface area (Å²) in [5.74, 6) is 1.53. The summed E-state index contributed by atoms with van der Waals surface area (Å²) in [5, 5.41) is 3.82. The molecule has 0 radical (unpaired) electrons. The van der Waals surface area contributed by atoms with E-state index in [0.29, 0.717) is 24.0 Å². The van der Waals surface area contributed by atoms with Gasteiger partial charge in [-0.3, -0.25) is 4.79 Å². The van der Waals surface area contributed by atoms with E-state index in [2.05, 4.69) is 10.1 Å². The maximum atomic E-state index is 11.6. The Morgan fingerprint density at radius 2 is 1.92 bits per heavy atom. The second kappa shape index (κ2) is 10.9. The second-order valence-electron chi connectivity index (χ2n) is 4.37. The van der Waals surface area contributed by atoms with E-state index in [1.807, 2.05) is 18.7 Å². The summed E-state index contributed by atoms with van der Waals surface area (Å²) >= 11 is 0. The van der Waals surface area contributed by atoms with Crippen LogP contribution in [-0.4, -0.2) is 46.2 Å². The average Bonchev–Trinajstić information content (AvgIpc) is 2.83. The summed E-state index contributed by atoms with van der Waals surface area (Å²) in [7, 11) is -4.69. The number of ether oxygens (including phenoxy) is 1. The van der Waals surface area contributed by atoms with Crippen LogP contribution in [0.1, 0.15) is 33.0 Å². The maximum Gasteiger partial charge on any atom is 0.313 e. The molecule has 1 rings (SSSR count). The Morgan fingerprint density at radius 1 is 1.38 bits per heavy atom. The van der Waals surface area contributed by atoms with Gasteiger partial charge in [0.15, 0.2) is 5.82 Å². The van der Waals surface area contributed by atoms with Crippen molar-refractivity contribution in [2.24, 2.45) is 4.99 Å². The zero-order valence-corrected chi connectivity index (χ0v) is 14.8. The molecule has 0 saturated heterocycles. The molecule has 1 N–H and O–H groups in total. The van der Waals surface area contributed by atoms with Crippen LogP contribution in [0.15, 0.2) is 15.6 Å². The van der Waals surface area contributed by atoms with Gasteiger partial charge in [0, 0.05) is 19.2 Å². The number of rotatable bonds is 6. The first-order valence-electron chi connectivity index (χ1n) is 7.15. The average molecular weight is 368 g/mol. The number of hydrogen-bond donors (Lipinski definition) is 1. The van der Waals surface area contributed by atoms with Crippen molar-refractivity contribution in [3.63, 3.8) is 0 Å². The van der Waals surface area contributed by atoms with Crippen molar-refractivity contribution in [1.82, 2.24) is 10.1 Å². The molecule has 0 bridgehead atoms. The molecule has 0 saturated carbocycles. The van der Waals surface area contributed by atoms with E-state index in [9.17, 15) is 4.79 Å². The smallest absolute Gasteiger partial charge is 0.313 e. The Kier molecular flexibility index (Phi) is 10.2. The molecule has 1 aromatic rings. The summed E-state index contributed by atoms with van der Waals surface area (Å²) < 4.78 is 42.7. The molecule has 0 amide bonds. The third kappa shape index (κ3) is 10.9. The van der Waals surface area contributed by atoms with Crippen LogP contribution in [0.4, 0.5) is 5.82 Å². The highest BCUT2D eigenvalue weighted by Crippen LogP contribution is 2.13. The molecule has 0 fully saturated rings. The lowest BCUT2D eigenvalue weighted by atomic mass is 10.3. The van der Waals surface area contributed by atoms with Gasteiger partial charge in [-0.25, -0.2) is 4.99 Å². The van der Waals surface area contributed by atoms with Gasteiger partial charge in [0.25, 0.3) is 0 Å². The standard InChI is InChI=1S/C13H21N3O3.ClHO4/c1-5-16(6-2)12(9-13(17)18-7-3)14-11-8-10(4)19-15-11;2-1(3,4)5/h8H,5-7,9H2,1-4H3;(H,2,3,4,5). The number of aliphatic imine (C=N–C) groups is 1. The summed E-state index contributed by atoms with van der Waals surface area (Å²) in [5.41, 5.74) is 0. The van der Waals surface area contributed by atoms with Crippen LogP contribution in [0.25, 0.3) is 0 Å². The molecular weight excluding hydrogens is 346 g/mol. The summed E-state index contributed by atoms with van der Waals surface area (Å²) in [4.78, 5) is 18.0. The lowest BCUT2D eigenvalue weighted by molar-refractivity contribution is -1.92. The normalized spacial score (nSPS) is 11.6. The van der Waals surface area contributed by atoms with Crippen LogP contribution in [0, 0.1) is 17.2 Å². The van der Waals surface area contributed by atoms with E-state index in [4.69, 9.17) is 27.9 Å². The molecule has 0 aliphatic heterocycles. The number of carbonyl (C=O) groups excluding carboxylic acids is 1. The number of esters is 1. The Labute approximate surface area is 142 Å². The molecule has 1 heterocycles. The van der Waals surface area contributed by atoms with Gasteiger partial charge < -0.3 is 14.2 Å². The zero-order chi connectivity index (χ0) is 18.8. The highest BCUT2D eigenvalue weighted by atomic mass is 35.7. The SMILES string of the molecule is CCOC(=O)CC(=Nc1cc(C)on1)N(CC)CC.[O-][Cl+3]([O-])([O-])O. The predicted molar refractivity (Wildman–Crippen MR) is 74.7 cm³/mol. The van der Waals surface area contributed by atoms with Crippen LogP contribution < -0.4 is 14.0 Å². The largest absolute Gasteiger partial charge is 0.466 e. The fourth-order valence-electron chi connectivity index (χ4n) is 1.69. The van der Waals surface area contributed by atoms with Gasteiger partial charge in [-0.2, -0.15) is 14.0 Å². The highest BCUT2D eigenvalue weighted by Gasteiger charge is 2.15. The van der Waals surface area contributed by atoms with E-state index in [0.717, 1.165) is 13.1 Å². The summed E-state index contributed by atoms with van der Waals surface area (Å²) in [6.45, 7) is 9.52. The first-order chi connectivity index (χ1) is 11.1. The third-order valence-electron chi connectivity index (χ3n) is 2.60. The predicted octanol–water partition coefficient (Wildman–Crippen LogP) is -1.82. The summed E-state index contributed by atoms with van der Waals surface area (Å²) in [6.07, 6.45) is 0.140. The van der Waals surface area contributed by atoms with Crippen molar-refractivity contribution in [1.29, 1.82) is 0 Å². The van der Waals surface area contributed by atoms with Crippen molar-refractivity contribution in [3.8, 4) is 0 Å². The lowest BCUT2D eigenvalue weighted by Gasteiger charge is -2.22. The highest BCUT2D eigenvalue weighted by molar-refractivity contribution is 5.98. The fraction of sp³-hybridized carbons (Fsp3) is 0.615. The van der Waals surface area contributed by atoms with Crippen LogP contribution in [0.3, 0.4) is 0 Å². The first kappa shape index (κ1) is 22.3. The van der Waals surface area contributed by atoms with E-state index in [1.165, 1.54) is 0 Å². The molecule has 0 aliphatic carbocycles. The van der Waals surface area contributed by atoms with Crippen LogP contribution >= 0.6 is 0 Å². The molecule has 138 valence electrons. The van der Waals surface area contributed by atoms with Crippen molar-refractivity contribution < 1.29 is 42.9 Å². The molecule has 24 heavy (non-hydrogen) atoms. The zero-order valence-electron chi connectivity index (χ0n) is 14.0. The number of aryl methyl sites for hydroxylation is 1. The maximum absolute atomic E-state index is 11.6. The van der Waals surface area contributed by atoms with E-state index < -0.39 is 10.2 Å². The molecule has 11 heteroatoms. The molecule has 0 spiro atoms. The van der Waals surface area contributed by atoms with Gasteiger partial charge in [-0.05, 0) is 27.7 Å². The number of carbonyl (C=O) groups is 1. The van der Waals surface area contributed by atoms with E-state index >= 15 is 0 Å². The van der Waals surface area contributed by atoms with Crippen molar-refractivity contribution >= 4 is 17.6 Å². The Bertz CT molecular complexity index is 518. The van der Waals surface area contributed by atoms with Crippen LogP contribution in [0.5, 0.6) is 0 Å². The van der Waals surface area contributed by atoms with E-state index in [1.54, 1.807) is 19.9 Å². The molecule has 0 aromatic carbocycles. The Hall–Kier alpha value is -1.72. The number of hydrogen-bond acceptors (Lipinski definition) is 9. The molecule has 10 nitrogen and oxygen atoms in total. The van der Waals surface area contributed by atoms with Crippen molar-refractivity contribution in [2.45, 2.75) is 34.1 Å². The van der Waals surface area contributed by atoms with Crippen molar-refractivity contribution in [3.05, 3.63) is 11.8 Å². The minimum atomic E-state index is -4.69. The number of amidine groups is 1. The topological polar surface area (TPSA) is 157 Å². The minimum absolute atomic E-state index is 0.140. The fourth-order valence-corrected chi connectivity index (χ4v) is 1.69. The van der Waals surface area contributed by atoms with Gasteiger partial charge >= 0.3 is 5.97 Å². The molecule has 1 aromatic heterocycles. The minimum Gasteiger partial charge on any atom is -0.466 e. The number of aromatic nitrogens is 1. The quantitative estimate of drug-likeness (QED) is 0.347. The van der Waals surface area contributed by atoms with Gasteiger partial charge in [0.05, 0.1) is 21.5 Å². The second-order valence-corrected chi connectivity index (χ2v) is 5.17.